The summed E-state index contributed by atoms with van der Waals surface area (Å²) in [6.45, 7) is 6.57. The van der Waals surface area contributed by atoms with Gasteiger partial charge in [0.2, 0.25) is 0 Å². The smallest absolute Gasteiger partial charge is 0.252 e. The molecule has 3 aliphatic heterocycles. The minimum absolute atomic E-state index is 0.0794. The van der Waals surface area contributed by atoms with Gasteiger partial charge in [0.05, 0.1) is 1.37 Å². The Morgan fingerprint density at radius 1 is 0.750 bits per heavy atom. The zero-order valence-electron chi connectivity index (χ0n) is 23.2. The molecule has 1 aliphatic carbocycles. The van der Waals surface area contributed by atoms with Crippen molar-refractivity contribution in [2.75, 3.05) is 9.80 Å². The van der Waals surface area contributed by atoms with E-state index in [0.717, 1.165) is 48.3 Å². The van der Waals surface area contributed by atoms with Crippen molar-refractivity contribution < 1.29 is 2.74 Å². The van der Waals surface area contributed by atoms with E-state index in [1.165, 1.54) is 44.5 Å². The molecule has 3 heteroatoms. The first-order valence-electron chi connectivity index (χ1n) is 14.4. The van der Waals surface area contributed by atoms with Crippen LogP contribution in [0.15, 0.2) is 72.8 Å². The van der Waals surface area contributed by atoms with Gasteiger partial charge in [0.25, 0.3) is 6.71 Å². The lowest BCUT2D eigenvalue weighted by Gasteiger charge is -2.45. The monoisotopic (exact) mass is 468 g/mol. The molecule has 4 aliphatic rings. The van der Waals surface area contributed by atoms with Gasteiger partial charge < -0.3 is 9.80 Å². The van der Waals surface area contributed by atoms with Crippen molar-refractivity contribution in [2.45, 2.75) is 58.4 Å². The van der Waals surface area contributed by atoms with E-state index >= 15 is 0 Å². The van der Waals surface area contributed by atoms with E-state index in [-0.39, 0.29) is 6.71 Å². The maximum absolute atomic E-state index is 9.96. The van der Waals surface area contributed by atoms with Crippen LogP contribution in [0.3, 0.4) is 0 Å². The van der Waals surface area contributed by atoms with Gasteiger partial charge in [0.15, 0.2) is 0 Å². The lowest BCUT2D eigenvalue weighted by molar-refractivity contribution is 0.402. The first-order valence-corrected chi connectivity index (χ1v) is 13.4. The van der Waals surface area contributed by atoms with Gasteiger partial charge in [-0.3, -0.25) is 0 Å². The molecule has 2 nitrogen and oxygen atoms in total. The van der Waals surface area contributed by atoms with Crippen molar-refractivity contribution in [3.63, 3.8) is 0 Å². The Morgan fingerprint density at radius 2 is 1.53 bits per heavy atom. The number of nitrogens with zero attached hydrogens (tertiary/aromatic N) is 2. The van der Waals surface area contributed by atoms with Gasteiger partial charge in [0.1, 0.15) is 0 Å². The van der Waals surface area contributed by atoms with Crippen LogP contribution in [0.5, 0.6) is 0 Å². The van der Waals surface area contributed by atoms with Crippen molar-refractivity contribution >= 4 is 51.5 Å². The van der Waals surface area contributed by atoms with E-state index in [1.807, 2.05) is 0 Å². The van der Waals surface area contributed by atoms with Crippen molar-refractivity contribution in [1.29, 1.82) is 0 Å². The molecular formula is C33H31BN2. The fourth-order valence-corrected chi connectivity index (χ4v) is 7.23. The Balaban J connectivity index is 1.50. The lowest BCUT2D eigenvalue weighted by atomic mass is 9.33. The third-order valence-electron chi connectivity index (χ3n) is 8.71. The summed E-state index contributed by atoms with van der Waals surface area (Å²) >= 11 is 0. The molecule has 4 aromatic rings. The summed E-state index contributed by atoms with van der Waals surface area (Å²) in [5.74, 6) is -0.924. The highest BCUT2D eigenvalue weighted by Gasteiger charge is 2.50. The molecule has 0 saturated heterocycles. The molecule has 1 fully saturated rings. The summed E-state index contributed by atoms with van der Waals surface area (Å²) in [7, 11) is 0. The highest BCUT2D eigenvalue weighted by Crippen LogP contribution is 2.53. The molecule has 0 aromatic heterocycles. The first-order chi connectivity index (χ1) is 18.3. The molecule has 0 bridgehead atoms. The number of benzene rings is 4. The number of aryl methyl sites for hydroxylation is 3. The van der Waals surface area contributed by atoms with Gasteiger partial charge in [-0.1, -0.05) is 66.4 Å². The normalized spacial score (nSPS) is 25.5. The number of hydrogen-bond donors (Lipinski definition) is 0. The summed E-state index contributed by atoms with van der Waals surface area (Å²) in [6, 6.07) is 25.8. The summed E-state index contributed by atoms with van der Waals surface area (Å²) in [5, 5.41) is 0. The largest absolute Gasteiger partial charge is 0.338 e. The number of hydrogen-bond acceptors (Lipinski definition) is 2. The van der Waals surface area contributed by atoms with Crippen LogP contribution < -0.4 is 26.2 Å². The van der Waals surface area contributed by atoms with Gasteiger partial charge in [-0.25, -0.2) is 0 Å². The molecule has 176 valence electrons. The standard InChI is InChI=1S/C33H31BN2/c1-20-11-14-23(15-12-20)35-29-16-13-21(2)17-27(29)34-26-9-6-8-25-24-7-4-5-10-28(24)36(33(25)26)31-19-22(3)18-30(35)32(31)34/h6,8-9,11-19,24,28H,4-5,7,10H2,1-3H3/i24D,28D. The molecule has 8 rings (SSSR count). The molecule has 0 amide bonds. The van der Waals surface area contributed by atoms with Crippen LogP contribution in [-0.4, -0.2) is 12.7 Å². The zero-order valence-corrected chi connectivity index (χ0v) is 21.2. The number of para-hydroxylation sites is 1. The second kappa shape index (κ2) is 7.29. The molecule has 0 N–H and O–H groups in total. The number of fused-ring (bicyclic) bond motifs is 7. The van der Waals surface area contributed by atoms with E-state index in [9.17, 15) is 2.74 Å². The maximum Gasteiger partial charge on any atom is 0.252 e. The third-order valence-corrected chi connectivity index (χ3v) is 8.71. The molecule has 36 heavy (non-hydrogen) atoms. The van der Waals surface area contributed by atoms with Crippen molar-refractivity contribution in [1.82, 2.24) is 0 Å². The van der Waals surface area contributed by atoms with Crippen LogP contribution in [0.25, 0.3) is 0 Å². The van der Waals surface area contributed by atoms with Crippen LogP contribution in [0.2, 0.25) is 0 Å². The highest BCUT2D eigenvalue weighted by atomic mass is 15.2. The van der Waals surface area contributed by atoms with Gasteiger partial charge in [-0.05, 0) is 91.5 Å². The fourth-order valence-electron chi connectivity index (χ4n) is 7.23. The molecule has 2 atom stereocenters. The van der Waals surface area contributed by atoms with Crippen molar-refractivity contribution in [3.8, 4) is 0 Å². The topological polar surface area (TPSA) is 6.48 Å². The third kappa shape index (κ3) is 2.64. The predicted octanol–water partition coefficient (Wildman–Crippen LogP) is 6.40. The molecule has 4 aromatic carbocycles. The predicted molar refractivity (Wildman–Crippen MR) is 154 cm³/mol. The van der Waals surface area contributed by atoms with Gasteiger partial charge in [-0.2, -0.15) is 0 Å². The van der Waals surface area contributed by atoms with Crippen LogP contribution in [0.1, 0.15) is 56.6 Å². The van der Waals surface area contributed by atoms with Crippen molar-refractivity contribution in [3.05, 3.63) is 95.1 Å². The molecule has 0 radical (unpaired) electrons. The Bertz CT molecular complexity index is 1660. The van der Waals surface area contributed by atoms with Crippen LogP contribution in [0, 0.1) is 20.8 Å². The summed E-state index contributed by atoms with van der Waals surface area (Å²) < 4.78 is 19.8. The van der Waals surface area contributed by atoms with Crippen LogP contribution >= 0.6 is 0 Å². The zero-order chi connectivity index (χ0) is 26.0. The van der Waals surface area contributed by atoms with E-state index in [4.69, 9.17) is 0 Å². The average Bonchev–Trinajstić information content (AvgIpc) is 3.12. The van der Waals surface area contributed by atoms with E-state index in [1.54, 1.807) is 0 Å². The van der Waals surface area contributed by atoms with Gasteiger partial charge in [0, 0.05) is 41.7 Å². The van der Waals surface area contributed by atoms with E-state index in [2.05, 4.69) is 103 Å². The van der Waals surface area contributed by atoms with Crippen molar-refractivity contribution in [2.24, 2.45) is 0 Å². The van der Waals surface area contributed by atoms with Crippen LogP contribution in [-0.2, 0) is 0 Å². The Hall–Kier alpha value is -3.46. The average molecular weight is 468 g/mol. The maximum atomic E-state index is 9.96. The summed E-state index contributed by atoms with van der Waals surface area (Å²) in [6.07, 6.45) is 3.47. The lowest BCUT2D eigenvalue weighted by Crippen LogP contribution is -2.62. The molecule has 1 saturated carbocycles. The van der Waals surface area contributed by atoms with Gasteiger partial charge in [-0.15, -0.1) is 0 Å². The minimum atomic E-state index is -1.00. The fraction of sp³-hybridized carbons (Fsp3) is 0.273. The summed E-state index contributed by atoms with van der Waals surface area (Å²) in [4.78, 5) is 4.72. The number of anilines is 5. The second-order valence-corrected chi connectivity index (χ2v) is 11.1. The quantitative estimate of drug-likeness (QED) is 0.263. The SMILES string of the molecule is [2H]C12CCCCC1([2H])N1c3cc(C)cc4c3B(c3cc(C)ccc3N4c3ccc(C)cc3)c3cccc2c31. The Morgan fingerprint density at radius 3 is 2.39 bits per heavy atom. The summed E-state index contributed by atoms with van der Waals surface area (Å²) in [5.41, 5.74) is 14.4. The Labute approximate surface area is 217 Å². The Kier molecular flexibility index (Phi) is 3.80. The minimum Gasteiger partial charge on any atom is -0.338 e. The highest BCUT2D eigenvalue weighted by molar-refractivity contribution is 7.00. The van der Waals surface area contributed by atoms with Crippen LogP contribution in [0.4, 0.5) is 28.4 Å². The molecular weight excluding hydrogens is 435 g/mol. The number of rotatable bonds is 1. The van der Waals surface area contributed by atoms with Gasteiger partial charge >= 0.3 is 0 Å². The molecule has 2 unspecified atom stereocenters. The molecule has 0 spiro atoms. The molecule has 3 heterocycles. The second-order valence-electron chi connectivity index (χ2n) is 11.1. The van der Waals surface area contributed by atoms with E-state index < -0.39 is 11.9 Å². The van der Waals surface area contributed by atoms with E-state index in [0.29, 0.717) is 0 Å². The first kappa shape index (κ1) is 18.8.